The molecule has 17 heteroatoms. The SMILES string of the molecule is Clc1ccc(-c2noc(CBr)n2)cc1.NC(=O)c1cc(O)ccc1F.NC(=O)c1cc(OCc2nc(-c3ccc(Cl)cc3)no2)ccc1F. The van der Waals surface area contributed by atoms with Crippen molar-refractivity contribution < 1.29 is 37.3 Å². The zero-order chi connectivity index (χ0) is 35.5. The van der Waals surface area contributed by atoms with Gasteiger partial charge in [-0.25, -0.2) is 8.78 Å². The highest BCUT2D eigenvalue weighted by atomic mass is 79.9. The molecule has 4 aromatic carbocycles. The molecule has 0 aliphatic heterocycles. The Labute approximate surface area is 294 Å². The Morgan fingerprint density at radius 1 is 0.735 bits per heavy atom. The molecule has 6 rings (SSSR count). The Morgan fingerprint density at radius 3 is 1.67 bits per heavy atom. The largest absolute Gasteiger partial charge is 0.508 e. The molecule has 0 bridgehead atoms. The molecule has 0 saturated carbocycles. The molecule has 0 fully saturated rings. The summed E-state index contributed by atoms with van der Waals surface area (Å²) in [5.74, 6) is -1.36. The van der Waals surface area contributed by atoms with E-state index >= 15 is 0 Å². The van der Waals surface area contributed by atoms with Crippen molar-refractivity contribution in [2.24, 2.45) is 11.5 Å². The number of nitrogens with zero attached hydrogens (tertiary/aromatic N) is 4. The van der Waals surface area contributed by atoms with Crippen LogP contribution in [0.25, 0.3) is 22.8 Å². The average Bonchev–Trinajstić information content (AvgIpc) is 3.77. The quantitative estimate of drug-likeness (QED) is 0.134. The summed E-state index contributed by atoms with van der Waals surface area (Å²) in [6.07, 6.45) is 0. The first kappa shape index (κ1) is 36.5. The summed E-state index contributed by atoms with van der Waals surface area (Å²) < 4.78 is 41.5. The highest BCUT2D eigenvalue weighted by Crippen LogP contribution is 2.22. The third-order valence-corrected chi connectivity index (χ3v) is 7.02. The molecule has 2 amide bonds. The number of hydrogen-bond donors (Lipinski definition) is 3. The highest BCUT2D eigenvalue weighted by molar-refractivity contribution is 9.08. The van der Waals surface area contributed by atoms with E-state index < -0.39 is 23.4 Å². The molecule has 0 aliphatic carbocycles. The monoisotopic (exact) mass is 774 g/mol. The second-order valence-electron chi connectivity index (χ2n) is 9.49. The zero-order valence-corrected chi connectivity index (χ0v) is 27.9. The molecule has 2 heterocycles. The minimum atomic E-state index is -0.890. The summed E-state index contributed by atoms with van der Waals surface area (Å²) in [5, 5.41) is 18.3. The molecule has 5 N–H and O–H groups in total. The van der Waals surface area contributed by atoms with Gasteiger partial charge in [-0.15, -0.1) is 0 Å². The van der Waals surface area contributed by atoms with Gasteiger partial charge in [0.25, 0.3) is 17.7 Å². The minimum Gasteiger partial charge on any atom is -0.508 e. The Kier molecular flexibility index (Phi) is 12.8. The number of carbonyl (C=O) groups excluding carboxylic acids is 2. The van der Waals surface area contributed by atoms with Crippen LogP contribution >= 0.6 is 39.1 Å². The number of ether oxygens (including phenoxy) is 1. The Hall–Kier alpha value is -5.38. The second kappa shape index (κ2) is 17.1. The van der Waals surface area contributed by atoms with Crippen LogP contribution in [0.4, 0.5) is 8.78 Å². The van der Waals surface area contributed by atoms with Crippen molar-refractivity contribution in [1.29, 1.82) is 0 Å². The van der Waals surface area contributed by atoms with Crippen LogP contribution in [0.5, 0.6) is 11.5 Å². The Balaban J connectivity index is 0.000000183. The number of amides is 2. The molecule has 2 aromatic heterocycles. The number of rotatable bonds is 8. The van der Waals surface area contributed by atoms with Crippen molar-refractivity contribution in [3.05, 3.63) is 130 Å². The van der Waals surface area contributed by atoms with Crippen molar-refractivity contribution in [2.75, 3.05) is 0 Å². The normalized spacial score (nSPS) is 10.3. The number of benzene rings is 4. The number of primary amides is 2. The van der Waals surface area contributed by atoms with Crippen molar-refractivity contribution in [2.45, 2.75) is 11.9 Å². The predicted octanol–water partition coefficient (Wildman–Crippen LogP) is 7.12. The number of phenolic OH excluding ortho intramolecular Hbond substituents is 1. The van der Waals surface area contributed by atoms with Crippen LogP contribution in [0.3, 0.4) is 0 Å². The van der Waals surface area contributed by atoms with Crippen molar-refractivity contribution >= 4 is 50.9 Å². The van der Waals surface area contributed by atoms with E-state index in [9.17, 15) is 18.4 Å². The van der Waals surface area contributed by atoms with Crippen LogP contribution in [0.2, 0.25) is 10.0 Å². The van der Waals surface area contributed by atoms with Crippen LogP contribution in [-0.2, 0) is 11.9 Å². The number of alkyl halides is 1. The molecule has 6 aromatic rings. The van der Waals surface area contributed by atoms with Gasteiger partial charge in [-0.3, -0.25) is 9.59 Å². The highest BCUT2D eigenvalue weighted by Gasteiger charge is 2.13. The fourth-order valence-electron chi connectivity index (χ4n) is 3.69. The maximum Gasteiger partial charge on any atom is 0.264 e. The lowest BCUT2D eigenvalue weighted by atomic mass is 10.2. The van der Waals surface area contributed by atoms with Gasteiger partial charge >= 0.3 is 0 Å². The summed E-state index contributed by atoms with van der Waals surface area (Å²) in [7, 11) is 0. The fourth-order valence-corrected chi connectivity index (χ4v) is 4.16. The van der Waals surface area contributed by atoms with Crippen molar-refractivity contribution in [3.8, 4) is 34.3 Å². The lowest BCUT2D eigenvalue weighted by Gasteiger charge is -2.05. The minimum absolute atomic E-state index is 0.0373. The number of halogens is 5. The van der Waals surface area contributed by atoms with Crippen LogP contribution < -0.4 is 16.2 Å². The van der Waals surface area contributed by atoms with E-state index in [0.29, 0.717) is 32.9 Å². The number of aromatic nitrogens is 4. The molecule has 252 valence electrons. The number of carbonyl (C=O) groups is 2. The third kappa shape index (κ3) is 10.6. The van der Waals surface area contributed by atoms with Gasteiger partial charge in [-0.2, -0.15) is 9.97 Å². The maximum absolute atomic E-state index is 13.4. The lowest BCUT2D eigenvalue weighted by Crippen LogP contribution is -2.13. The fraction of sp³-hybridized carbons (Fsp3) is 0.0625. The van der Waals surface area contributed by atoms with E-state index in [-0.39, 0.29) is 35.1 Å². The molecule has 0 atom stereocenters. The van der Waals surface area contributed by atoms with E-state index in [1.54, 1.807) is 36.4 Å². The molecule has 0 spiro atoms. The molecule has 0 aliphatic rings. The van der Waals surface area contributed by atoms with Gasteiger partial charge < -0.3 is 30.4 Å². The van der Waals surface area contributed by atoms with E-state index in [4.69, 9.17) is 53.6 Å². The summed E-state index contributed by atoms with van der Waals surface area (Å²) >= 11 is 14.8. The van der Waals surface area contributed by atoms with E-state index in [2.05, 4.69) is 36.2 Å². The van der Waals surface area contributed by atoms with Crippen molar-refractivity contribution in [1.82, 2.24) is 20.3 Å². The zero-order valence-electron chi connectivity index (χ0n) is 24.8. The van der Waals surface area contributed by atoms with E-state index in [1.807, 2.05) is 12.1 Å². The first-order valence-corrected chi connectivity index (χ1v) is 15.5. The van der Waals surface area contributed by atoms with E-state index in [0.717, 1.165) is 35.4 Å². The van der Waals surface area contributed by atoms with Gasteiger partial charge in [0, 0.05) is 21.2 Å². The van der Waals surface area contributed by atoms with Gasteiger partial charge in [0.1, 0.15) is 23.1 Å². The van der Waals surface area contributed by atoms with Crippen LogP contribution in [0, 0.1) is 11.6 Å². The third-order valence-electron chi connectivity index (χ3n) is 6.04. The van der Waals surface area contributed by atoms with Gasteiger partial charge in [0.15, 0.2) is 6.61 Å². The number of hydrogen-bond acceptors (Lipinski definition) is 10. The molecule has 0 unspecified atom stereocenters. The average molecular weight is 776 g/mol. The summed E-state index contributed by atoms with van der Waals surface area (Å²) in [6, 6.07) is 21.0. The standard InChI is InChI=1S/C16H11ClFN3O3.C9H6BrClN2O.C7H6FNO2/c17-10-3-1-9(2-4-10)16-20-14(24-21-16)8-23-11-5-6-13(18)12(7-11)15(19)22;10-5-8-12-9(13-14-8)6-1-3-7(11)4-2-6;8-6-2-1-4(10)3-5(6)7(9)11/h1-7H,8H2,(H2,19,22);1-4H,5H2;1-3,10H,(H2,9,11). The summed E-state index contributed by atoms with van der Waals surface area (Å²) in [4.78, 5) is 29.9. The summed E-state index contributed by atoms with van der Waals surface area (Å²) in [6.45, 7) is -0.0373. The first-order chi connectivity index (χ1) is 23.4. The number of aromatic hydroxyl groups is 1. The van der Waals surface area contributed by atoms with Crippen LogP contribution in [0.1, 0.15) is 32.5 Å². The molecule has 49 heavy (non-hydrogen) atoms. The molecule has 12 nitrogen and oxygen atoms in total. The lowest BCUT2D eigenvalue weighted by molar-refractivity contribution is 0.0987. The molecular weight excluding hydrogens is 753 g/mol. The number of phenols is 1. The van der Waals surface area contributed by atoms with Gasteiger partial charge in [-0.1, -0.05) is 49.4 Å². The van der Waals surface area contributed by atoms with Crippen molar-refractivity contribution in [3.63, 3.8) is 0 Å². The molecule has 0 radical (unpaired) electrons. The van der Waals surface area contributed by atoms with Crippen LogP contribution in [-0.4, -0.2) is 37.2 Å². The topological polar surface area (TPSA) is 193 Å². The van der Waals surface area contributed by atoms with Gasteiger partial charge in [0.05, 0.1) is 16.5 Å². The van der Waals surface area contributed by atoms with Crippen LogP contribution in [0.15, 0.2) is 94.0 Å². The van der Waals surface area contributed by atoms with Gasteiger partial charge in [0.2, 0.25) is 17.5 Å². The second-order valence-corrected chi connectivity index (χ2v) is 10.9. The summed E-state index contributed by atoms with van der Waals surface area (Å²) in [5.41, 5.74) is 11.0. The Bertz CT molecular complexity index is 2050. The maximum atomic E-state index is 13.4. The van der Waals surface area contributed by atoms with E-state index in [1.165, 1.54) is 12.1 Å². The Morgan fingerprint density at radius 2 is 1.20 bits per heavy atom. The smallest absolute Gasteiger partial charge is 0.264 e. The predicted molar refractivity (Wildman–Crippen MR) is 178 cm³/mol. The number of nitrogens with two attached hydrogens (primary N) is 2. The molecular formula is C32H23BrCl2F2N6O6. The molecule has 0 saturated heterocycles. The first-order valence-electron chi connectivity index (χ1n) is 13.7. The van der Waals surface area contributed by atoms with Gasteiger partial charge in [-0.05, 0) is 84.9 Å².